The van der Waals surface area contributed by atoms with Gasteiger partial charge < -0.3 is 10.2 Å². The number of nitrogens with one attached hydrogen (secondary N) is 1. The normalized spacial score (nSPS) is 12.9. The molecule has 25 heavy (non-hydrogen) atoms. The largest absolute Gasteiger partial charge is 0.353 e. The molecular formula is C20H21N5. The van der Waals surface area contributed by atoms with Crippen molar-refractivity contribution in [3.05, 3.63) is 71.9 Å². The molecule has 0 amide bonds. The highest BCUT2D eigenvalue weighted by atomic mass is 15.3. The molecule has 1 N–H and O–H groups in total. The zero-order valence-corrected chi connectivity index (χ0v) is 14.1. The Kier molecular flexibility index (Phi) is 4.55. The molecule has 5 heteroatoms. The summed E-state index contributed by atoms with van der Waals surface area (Å²) in [5, 5.41) is 11.5. The Hall–Kier alpha value is -2.95. The Morgan fingerprint density at radius 2 is 1.84 bits per heavy atom. The SMILES string of the molecule is c1ccc(CCCNc2nncc(N3CCc4ccccc43)n2)cc1. The number of rotatable bonds is 6. The van der Waals surface area contributed by atoms with E-state index >= 15 is 0 Å². The second-order valence-electron chi connectivity index (χ2n) is 6.18. The highest BCUT2D eigenvalue weighted by Gasteiger charge is 2.21. The van der Waals surface area contributed by atoms with E-state index in [1.807, 2.05) is 6.07 Å². The molecule has 1 aliphatic heterocycles. The first kappa shape index (κ1) is 15.6. The molecule has 5 nitrogen and oxygen atoms in total. The van der Waals surface area contributed by atoms with Crippen LogP contribution in [0.5, 0.6) is 0 Å². The summed E-state index contributed by atoms with van der Waals surface area (Å²) in [6, 6.07) is 19.0. The molecule has 0 unspecified atom stereocenters. The van der Waals surface area contributed by atoms with Crippen LogP contribution in [0.15, 0.2) is 60.8 Å². The highest BCUT2D eigenvalue weighted by Crippen LogP contribution is 2.32. The van der Waals surface area contributed by atoms with Crippen molar-refractivity contribution in [3.63, 3.8) is 0 Å². The van der Waals surface area contributed by atoms with Crippen molar-refractivity contribution in [1.29, 1.82) is 0 Å². The van der Waals surface area contributed by atoms with E-state index < -0.39 is 0 Å². The number of benzene rings is 2. The highest BCUT2D eigenvalue weighted by molar-refractivity contribution is 5.67. The van der Waals surface area contributed by atoms with E-state index in [0.29, 0.717) is 5.95 Å². The lowest BCUT2D eigenvalue weighted by atomic mass is 10.1. The predicted octanol–water partition coefficient (Wildman–Crippen LogP) is 3.61. The molecule has 2 heterocycles. The van der Waals surface area contributed by atoms with Crippen molar-refractivity contribution in [2.75, 3.05) is 23.3 Å². The lowest BCUT2D eigenvalue weighted by Gasteiger charge is -2.18. The summed E-state index contributed by atoms with van der Waals surface area (Å²) in [7, 11) is 0. The standard InChI is InChI=1S/C20H21N5/c1-2-7-16(8-3-1)9-6-13-21-20-23-19(15-22-24-20)25-14-12-17-10-4-5-11-18(17)25/h1-5,7-8,10-11,15H,6,9,12-14H2,(H,21,23,24). The fraction of sp³-hybridized carbons (Fsp3) is 0.250. The Balaban J connectivity index is 1.37. The minimum atomic E-state index is 0.593. The first-order valence-electron chi connectivity index (χ1n) is 8.73. The van der Waals surface area contributed by atoms with Crippen LogP contribution in [0.2, 0.25) is 0 Å². The van der Waals surface area contributed by atoms with E-state index in [0.717, 1.165) is 38.2 Å². The Labute approximate surface area is 147 Å². The van der Waals surface area contributed by atoms with Crippen LogP contribution >= 0.6 is 0 Å². The van der Waals surface area contributed by atoms with Crippen LogP contribution in [0.25, 0.3) is 0 Å². The summed E-state index contributed by atoms with van der Waals surface area (Å²) in [5.74, 6) is 1.44. The summed E-state index contributed by atoms with van der Waals surface area (Å²) in [6.07, 6.45) is 4.85. The van der Waals surface area contributed by atoms with Crippen molar-refractivity contribution < 1.29 is 0 Å². The zero-order valence-electron chi connectivity index (χ0n) is 14.1. The third kappa shape index (κ3) is 3.60. The van der Waals surface area contributed by atoms with Crippen LogP contribution in [0.3, 0.4) is 0 Å². The summed E-state index contributed by atoms with van der Waals surface area (Å²) >= 11 is 0. The van der Waals surface area contributed by atoms with E-state index in [9.17, 15) is 0 Å². The van der Waals surface area contributed by atoms with Gasteiger partial charge >= 0.3 is 0 Å². The van der Waals surface area contributed by atoms with Gasteiger partial charge in [-0.1, -0.05) is 48.5 Å². The number of aryl methyl sites for hydroxylation is 1. The van der Waals surface area contributed by atoms with Gasteiger partial charge in [-0.25, -0.2) is 0 Å². The van der Waals surface area contributed by atoms with Crippen molar-refractivity contribution >= 4 is 17.5 Å². The maximum atomic E-state index is 4.64. The Bertz CT molecular complexity index is 834. The van der Waals surface area contributed by atoms with Crippen LogP contribution in [-0.4, -0.2) is 28.3 Å². The predicted molar refractivity (Wildman–Crippen MR) is 100 cm³/mol. The van der Waals surface area contributed by atoms with E-state index in [-0.39, 0.29) is 0 Å². The second-order valence-corrected chi connectivity index (χ2v) is 6.18. The first-order valence-corrected chi connectivity index (χ1v) is 8.73. The fourth-order valence-corrected chi connectivity index (χ4v) is 3.21. The molecule has 2 aromatic carbocycles. The molecule has 0 bridgehead atoms. The Morgan fingerprint density at radius 1 is 1.00 bits per heavy atom. The van der Waals surface area contributed by atoms with Gasteiger partial charge in [0, 0.05) is 18.8 Å². The van der Waals surface area contributed by atoms with Gasteiger partial charge in [-0.05, 0) is 36.5 Å². The lowest BCUT2D eigenvalue weighted by Crippen LogP contribution is -2.17. The summed E-state index contributed by atoms with van der Waals surface area (Å²) in [5.41, 5.74) is 3.93. The molecule has 1 aliphatic rings. The molecule has 0 fully saturated rings. The average Bonchev–Trinajstić information content (AvgIpc) is 3.11. The van der Waals surface area contributed by atoms with Crippen molar-refractivity contribution in [3.8, 4) is 0 Å². The monoisotopic (exact) mass is 331 g/mol. The minimum Gasteiger partial charge on any atom is -0.353 e. The minimum absolute atomic E-state index is 0.593. The van der Waals surface area contributed by atoms with Gasteiger partial charge in [-0.15, -0.1) is 5.10 Å². The third-order valence-corrected chi connectivity index (χ3v) is 4.48. The van der Waals surface area contributed by atoms with Gasteiger partial charge in [-0.2, -0.15) is 10.1 Å². The van der Waals surface area contributed by atoms with Crippen LogP contribution < -0.4 is 10.2 Å². The van der Waals surface area contributed by atoms with Crippen molar-refractivity contribution in [2.45, 2.75) is 19.3 Å². The number of para-hydroxylation sites is 1. The lowest BCUT2D eigenvalue weighted by molar-refractivity contribution is 0.838. The number of aromatic nitrogens is 3. The molecule has 0 saturated carbocycles. The van der Waals surface area contributed by atoms with Crippen LogP contribution in [0.1, 0.15) is 17.5 Å². The number of hydrogen-bond donors (Lipinski definition) is 1. The quantitative estimate of drug-likeness (QED) is 0.699. The summed E-state index contributed by atoms with van der Waals surface area (Å²) in [4.78, 5) is 6.85. The molecule has 3 aromatic rings. The van der Waals surface area contributed by atoms with Gasteiger partial charge in [-0.3, -0.25) is 0 Å². The number of nitrogens with zero attached hydrogens (tertiary/aromatic N) is 4. The number of anilines is 3. The van der Waals surface area contributed by atoms with Gasteiger partial charge in [0.15, 0.2) is 5.82 Å². The molecule has 0 spiro atoms. The molecule has 4 rings (SSSR count). The zero-order chi connectivity index (χ0) is 16.9. The fourth-order valence-electron chi connectivity index (χ4n) is 3.21. The Morgan fingerprint density at radius 3 is 2.76 bits per heavy atom. The van der Waals surface area contributed by atoms with Crippen LogP contribution in [0.4, 0.5) is 17.5 Å². The van der Waals surface area contributed by atoms with Crippen molar-refractivity contribution in [2.24, 2.45) is 0 Å². The maximum Gasteiger partial charge on any atom is 0.244 e. The topological polar surface area (TPSA) is 53.9 Å². The van der Waals surface area contributed by atoms with Crippen LogP contribution in [0, 0.1) is 0 Å². The molecule has 1 aromatic heterocycles. The van der Waals surface area contributed by atoms with Gasteiger partial charge in [0.25, 0.3) is 0 Å². The van der Waals surface area contributed by atoms with E-state index in [4.69, 9.17) is 0 Å². The van der Waals surface area contributed by atoms with Crippen LogP contribution in [-0.2, 0) is 12.8 Å². The number of fused-ring (bicyclic) bond motifs is 1. The molecule has 0 atom stereocenters. The van der Waals surface area contributed by atoms with E-state index in [1.165, 1.54) is 16.8 Å². The smallest absolute Gasteiger partial charge is 0.244 e. The van der Waals surface area contributed by atoms with E-state index in [1.54, 1.807) is 6.20 Å². The van der Waals surface area contributed by atoms with Gasteiger partial charge in [0.05, 0.1) is 6.20 Å². The first-order chi connectivity index (χ1) is 12.4. The van der Waals surface area contributed by atoms with Crippen molar-refractivity contribution in [1.82, 2.24) is 15.2 Å². The van der Waals surface area contributed by atoms with E-state index in [2.05, 4.69) is 73.9 Å². The summed E-state index contributed by atoms with van der Waals surface area (Å²) < 4.78 is 0. The van der Waals surface area contributed by atoms with Gasteiger partial charge in [0.2, 0.25) is 5.95 Å². The molecule has 0 radical (unpaired) electrons. The second kappa shape index (κ2) is 7.30. The average molecular weight is 331 g/mol. The van der Waals surface area contributed by atoms with Gasteiger partial charge in [0.1, 0.15) is 0 Å². The third-order valence-electron chi connectivity index (χ3n) is 4.48. The number of hydrogen-bond acceptors (Lipinski definition) is 5. The molecule has 126 valence electrons. The maximum absolute atomic E-state index is 4.64. The summed E-state index contributed by atoms with van der Waals surface area (Å²) in [6.45, 7) is 1.77. The molecule has 0 aliphatic carbocycles. The molecule has 0 saturated heterocycles. The molecular weight excluding hydrogens is 310 g/mol.